The second-order valence-corrected chi connectivity index (χ2v) is 10.9. The maximum atomic E-state index is 13.5. The maximum absolute atomic E-state index is 13.5. The van der Waals surface area contributed by atoms with Crippen LogP contribution in [-0.2, 0) is 43.6 Å². The van der Waals surface area contributed by atoms with Crippen molar-refractivity contribution in [1.82, 2.24) is 20.2 Å². The van der Waals surface area contributed by atoms with E-state index >= 15 is 0 Å². The first-order valence-electron chi connectivity index (χ1n) is 12.7. The molecule has 1 aliphatic heterocycles. The number of hydrogen-bond acceptors (Lipinski definition) is 4. The van der Waals surface area contributed by atoms with Crippen LogP contribution in [0.15, 0.2) is 41.9 Å². The van der Waals surface area contributed by atoms with E-state index in [-0.39, 0.29) is 11.8 Å². The van der Waals surface area contributed by atoms with Crippen LogP contribution in [0, 0.1) is 6.92 Å². The molecule has 0 atom stereocenters. The van der Waals surface area contributed by atoms with E-state index in [0.29, 0.717) is 26.1 Å². The molecule has 6 rings (SSSR count). The van der Waals surface area contributed by atoms with E-state index in [1.165, 1.54) is 35.0 Å². The molecule has 0 radical (unpaired) electrons. The van der Waals surface area contributed by atoms with Crippen molar-refractivity contribution >= 4 is 34.1 Å². The minimum atomic E-state index is 0.0180. The van der Waals surface area contributed by atoms with Crippen molar-refractivity contribution in [3.63, 3.8) is 0 Å². The highest BCUT2D eigenvalue weighted by Gasteiger charge is 2.26. The fourth-order valence-electron chi connectivity index (χ4n) is 5.67. The summed E-state index contributed by atoms with van der Waals surface area (Å²) in [6.45, 7) is 3.66. The standard InChI is InChI=1S/C29H30N4O2S/c1-18-25(16-31-28(34)14-21-5-4-12-36-21)22-10-11-33(17-20(22)15-30-18)29(35)19-8-9-27-24(13-19)23-6-2-3-7-26(23)32-27/h4-5,8-9,12-13,15,32H,2-3,6-7,10-11,14,16-17H2,1H3,(H,31,34). The van der Waals surface area contributed by atoms with E-state index < -0.39 is 0 Å². The number of amides is 2. The molecule has 0 spiro atoms. The summed E-state index contributed by atoms with van der Waals surface area (Å²) in [7, 11) is 0. The normalized spacial score (nSPS) is 15.0. The SMILES string of the molecule is Cc1ncc2c(c1CNC(=O)Cc1cccs1)CCN(C(=O)c1ccc3[nH]c4c(c3c1)CCCC4)C2. The van der Waals surface area contributed by atoms with Gasteiger partial charge in [0, 0.05) is 58.6 Å². The number of hydrogen-bond donors (Lipinski definition) is 2. The zero-order valence-corrected chi connectivity index (χ0v) is 21.3. The van der Waals surface area contributed by atoms with Crippen molar-refractivity contribution in [3.05, 3.63) is 86.0 Å². The second-order valence-electron chi connectivity index (χ2n) is 9.89. The average molecular weight is 499 g/mol. The second kappa shape index (κ2) is 9.54. The van der Waals surface area contributed by atoms with Crippen LogP contribution in [0.25, 0.3) is 10.9 Å². The molecule has 3 aromatic heterocycles. The third-order valence-corrected chi connectivity index (χ3v) is 8.48. The summed E-state index contributed by atoms with van der Waals surface area (Å²) in [4.78, 5) is 37.1. The number of benzene rings is 1. The van der Waals surface area contributed by atoms with Gasteiger partial charge in [-0.05, 0) is 90.9 Å². The van der Waals surface area contributed by atoms with Crippen LogP contribution in [0.2, 0.25) is 0 Å². The lowest BCUT2D eigenvalue weighted by molar-refractivity contribution is -0.120. The topological polar surface area (TPSA) is 78.1 Å². The smallest absolute Gasteiger partial charge is 0.254 e. The Morgan fingerprint density at radius 1 is 1.14 bits per heavy atom. The largest absolute Gasteiger partial charge is 0.358 e. The summed E-state index contributed by atoms with van der Waals surface area (Å²) < 4.78 is 0. The summed E-state index contributed by atoms with van der Waals surface area (Å²) in [6.07, 6.45) is 7.68. The van der Waals surface area contributed by atoms with E-state index in [0.717, 1.165) is 52.0 Å². The fraction of sp³-hybridized carbons (Fsp3) is 0.345. The molecular weight excluding hydrogens is 468 g/mol. The van der Waals surface area contributed by atoms with E-state index in [9.17, 15) is 9.59 Å². The molecule has 0 saturated carbocycles. The van der Waals surface area contributed by atoms with Crippen molar-refractivity contribution in [3.8, 4) is 0 Å². The highest BCUT2D eigenvalue weighted by atomic mass is 32.1. The Bertz CT molecular complexity index is 1450. The Balaban J connectivity index is 1.18. The number of nitrogens with one attached hydrogen (secondary N) is 2. The lowest BCUT2D eigenvalue weighted by Gasteiger charge is -2.30. The minimum Gasteiger partial charge on any atom is -0.358 e. The summed E-state index contributed by atoms with van der Waals surface area (Å²) in [5.41, 5.74) is 8.92. The first-order chi connectivity index (χ1) is 17.6. The van der Waals surface area contributed by atoms with Gasteiger partial charge in [0.25, 0.3) is 5.91 Å². The lowest BCUT2D eigenvalue weighted by Crippen LogP contribution is -2.37. The number of fused-ring (bicyclic) bond motifs is 4. The first-order valence-corrected chi connectivity index (χ1v) is 13.6. The van der Waals surface area contributed by atoms with Gasteiger partial charge >= 0.3 is 0 Å². The summed E-state index contributed by atoms with van der Waals surface area (Å²) >= 11 is 1.60. The number of nitrogens with zero attached hydrogens (tertiary/aromatic N) is 2. The van der Waals surface area contributed by atoms with Gasteiger partial charge in [-0.1, -0.05) is 6.07 Å². The van der Waals surface area contributed by atoms with Gasteiger partial charge in [0.15, 0.2) is 0 Å². The van der Waals surface area contributed by atoms with Gasteiger partial charge < -0.3 is 15.2 Å². The number of thiophene rings is 1. The molecule has 7 heteroatoms. The number of carbonyl (C=O) groups excluding carboxylic acids is 2. The molecular formula is C29H30N4O2S. The van der Waals surface area contributed by atoms with Crippen molar-refractivity contribution < 1.29 is 9.59 Å². The Kier molecular flexibility index (Phi) is 6.09. The monoisotopic (exact) mass is 498 g/mol. The molecule has 2 amide bonds. The molecule has 2 N–H and O–H groups in total. The highest BCUT2D eigenvalue weighted by molar-refractivity contribution is 7.10. The molecule has 1 aliphatic carbocycles. The van der Waals surface area contributed by atoms with Gasteiger partial charge in [0.1, 0.15) is 0 Å². The molecule has 0 saturated heterocycles. The zero-order chi connectivity index (χ0) is 24.6. The van der Waals surface area contributed by atoms with Gasteiger partial charge in [0.05, 0.1) is 6.42 Å². The van der Waals surface area contributed by atoms with E-state index in [2.05, 4.69) is 27.4 Å². The third kappa shape index (κ3) is 4.32. The van der Waals surface area contributed by atoms with Crippen molar-refractivity contribution in [2.75, 3.05) is 6.54 Å². The van der Waals surface area contributed by atoms with E-state index in [1.807, 2.05) is 41.6 Å². The van der Waals surface area contributed by atoms with E-state index in [4.69, 9.17) is 0 Å². The number of pyridine rings is 1. The molecule has 0 fully saturated rings. The lowest BCUT2D eigenvalue weighted by atomic mass is 9.93. The maximum Gasteiger partial charge on any atom is 0.254 e. The van der Waals surface area contributed by atoms with E-state index in [1.54, 1.807) is 11.3 Å². The van der Waals surface area contributed by atoms with Gasteiger partial charge in [-0.2, -0.15) is 0 Å². The summed E-state index contributed by atoms with van der Waals surface area (Å²) in [6, 6.07) is 10.0. The highest BCUT2D eigenvalue weighted by Crippen LogP contribution is 2.31. The predicted molar refractivity (Wildman–Crippen MR) is 142 cm³/mol. The molecule has 1 aromatic carbocycles. The fourth-order valence-corrected chi connectivity index (χ4v) is 6.38. The Labute approximate surface area is 214 Å². The molecule has 4 aromatic rings. The van der Waals surface area contributed by atoms with Gasteiger partial charge in [-0.25, -0.2) is 0 Å². The van der Waals surface area contributed by atoms with Gasteiger partial charge in [0.2, 0.25) is 5.91 Å². The average Bonchev–Trinajstić information content (AvgIpc) is 3.54. The van der Waals surface area contributed by atoms with Gasteiger partial charge in [-0.15, -0.1) is 11.3 Å². The van der Waals surface area contributed by atoms with Crippen LogP contribution in [0.5, 0.6) is 0 Å². The number of carbonyl (C=O) groups is 2. The number of aromatic nitrogens is 2. The van der Waals surface area contributed by atoms with Crippen LogP contribution in [0.1, 0.15) is 61.7 Å². The minimum absolute atomic E-state index is 0.0180. The van der Waals surface area contributed by atoms with Crippen LogP contribution in [0.3, 0.4) is 0 Å². The first kappa shape index (κ1) is 23.0. The van der Waals surface area contributed by atoms with Crippen molar-refractivity contribution in [1.29, 1.82) is 0 Å². The third-order valence-electron chi connectivity index (χ3n) is 7.61. The zero-order valence-electron chi connectivity index (χ0n) is 20.5. The van der Waals surface area contributed by atoms with Crippen molar-refractivity contribution in [2.45, 2.75) is 58.5 Å². The molecule has 0 unspecified atom stereocenters. The summed E-state index contributed by atoms with van der Waals surface area (Å²) in [5, 5.41) is 6.26. The molecule has 36 heavy (non-hydrogen) atoms. The van der Waals surface area contributed by atoms with Crippen LogP contribution in [-0.4, -0.2) is 33.2 Å². The van der Waals surface area contributed by atoms with Crippen LogP contribution in [0.4, 0.5) is 0 Å². The van der Waals surface area contributed by atoms with Crippen LogP contribution < -0.4 is 5.32 Å². The quantitative estimate of drug-likeness (QED) is 0.412. The molecule has 0 bridgehead atoms. The summed E-state index contributed by atoms with van der Waals surface area (Å²) in [5.74, 6) is 0.0871. The predicted octanol–water partition coefficient (Wildman–Crippen LogP) is 4.87. The molecule has 4 heterocycles. The van der Waals surface area contributed by atoms with Crippen molar-refractivity contribution in [2.24, 2.45) is 0 Å². The number of rotatable bonds is 5. The number of H-pyrrole nitrogens is 1. The molecule has 2 aliphatic rings. The molecule has 6 nitrogen and oxygen atoms in total. The molecule has 184 valence electrons. The number of aromatic amines is 1. The Morgan fingerprint density at radius 2 is 2.03 bits per heavy atom. The van der Waals surface area contributed by atoms with Gasteiger partial charge in [-0.3, -0.25) is 14.6 Å². The number of aryl methyl sites for hydroxylation is 3. The Morgan fingerprint density at radius 3 is 2.89 bits per heavy atom. The Hall–Kier alpha value is -3.45. The van der Waals surface area contributed by atoms with Crippen LogP contribution >= 0.6 is 11.3 Å².